The summed E-state index contributed by atoms with van der Waals surface area (Å²) in [6, 6.07) is 14.1. The summed E-state index contributed by atoms with van der Waals surface area (Å²) in [5, 5.41) is 17.0. The number of nitrogens with one attached hydrogen (secondary N) is 1. The summed E-state index contributed by atoms with van der Waals surface area (Å²) in [4.78, 5) is 26.0. The van der Waals surface area contributed by atoms with Crippen molar-refractivity contribution in [2.45, 2.75) is 18.9 Å². The summed E-state index contributed by atoms with van der Waals surface area (Å²) >= 11 is 0. The summed E-state index contributed by atoms with van der Waals surface area (Å²) in [6.07, 6.45) is 1.79. The van der Waals surface area contributed by atoms with Crippen LogP contribution in [0.2, 0.25) is 0 Å². The minimum atomic E-state index is -0.315. The molecule has 1 aliphatic rings. The van der Waals surface area contributed by atoms with Crippen LogP contribution in [0.1, 0.15) is 44.4 Å². The lowest BCUT2D eigenvalue weighted by molar-refractivity contribution is 0.0824. The van der Waals surface area contributed by atoms with Crippen molar-refractivity contribution in [3.05, 3.63) is 70.9 Å². The van der Waals surface area contributed by atoms with Crippen LogP contribution in [0.3, 0.4) is 0 Å². The molecular formula is C22H21N3O4. The standard InChI is InChI=1S/C22H21N3O4/c1-25(2)22(28)16-9-7-14(11-19(16)26)20-12-18(24-29-20)21(27)23-17-10-8-13-5-3-4-6-15(13)17/h3-7,9,11-12,17,26H,8,10H2,1-2H3,(H,23,27)/t17-/m1/s1. The molecule has 0 saturated heterocycles. The minimum Gasteiger partial charge on any atom is -0.507 e. The summed E-state index contributed by atoms with van der Waals surface area (Å²) in [7, 11) is 3.22. The molecule has 2 aromatic carbocycles. The third-order valence-corrected chi connectivity index (χ3v) is 5.10. The molecule has 2 amide bonds. The van der Waals surface area contributed by atoms with Gasteiger partial charge in [0, 0.05) is 25.7 Å². The van der Waals surface area contributed by atoms with Gasteiger partial charge in [-0.25, -0.2) is 0 Å². The molecule has 1 atom stereocenters. The number of nitrogens with zero attached hydrogens (tertiary/aromatic N) is 2. The van der Waals surface area contributed by atoms with E-state index in [1.807, 2.05) is 18.2 Å². The number of carbonyl (C=O) groups excluding carboxylic acids is 2. The number of rotatable bonds is 4. The van der Waals surface area contributed by atoms with E-state index in [0.29, 0.717) is 11.3 Å². The molecule has 0 radical (unpaired) electrons. The molecule has 1 heterocycles. The summed E-state index contributed by atoms with van der Waals surface area (Å²) in [5.74, 6) is -0.443. The third kappa shape index (κ3) is 3.59. The Morgan fingerprint density at radius 2 is 1.97 bits per heavy atom. The Morgan fingerprint density at radius 3 is 2.72 bits per heavy atom. The van der Waals surface area contributed by atoms with E-state index in [-0.39, 0.29) is 34.9 Å². The molecule has 29 heavy (non-hydrogen) atoms. The second kappa shape index (κ2) is 7.43. The monoisotopic (exact) mass is 391 g/mol. The van der Waals surface area contributed by atoms with E-state index in [9.17, 15) is 14.7 Å². The molecule has 7 nitrogen and oxygen atoms in total. The molecule has 0 fully saturated rings. The lowest BCUT2D eigenvalue weighted by Crippen LogP contribution is -2.27. The van der Waals surface area contributed by atoms with Crippen LogP contribution in [-0.2, 0) is 6.42 Å². The van der Waals surface area contributed by atoms with Gasteiger partial charge < -0.3 is 19.8 Å². The van der Waals surface area contributed by atoms with Crippen LogP contribution in [-0.4, -0.2) is 41.1 Å². The average molecular weight is 391 g/mol. The number of fused-ring (bicyclic) bond motifs is 1. The van der Waals surface area contributed by atoms with E-state index >= 15 is 0 Å². The summed E-state index contributed by atoms with van der Waals surface area (Å²) in [5.41, 5.74) is 3.26. The first-order chi connectivity index (χ1) is 13.9. The van der Waals surface area contributed by atoms with E-state index in [2.05, 4.69) is 16.5 Å². The Balaban J connectivity index is 1.51. The fourth-order valence-corrected chi connectivity index (χ4v) is 3.56. The normalized spacial score (nSPS) is 15.0. The molecule has 0 bridgehead atoms. The van der Waals surface area contributed by atoms with Crippen LogP contribution >= 0.6 is 0 Å². The van der Waals surface area contributed by atoms with Crippen molar-refractivity contribution in [3.8, 4) is 17.1 Å². The van der Waals surface area contributed by atoms with Crippen LogP contribution in [0.25, 0.3) is 11.3 Å². The predicted octanol–water partition coefficient (Wildman–Crippen LogP) is 3.17. The maximum Gasteiger partial charge on any atom is 0.273 e. The maximum absolute atomic E-state index is 12.6. The number of amides is 2. The minimum absolute atomic E-state index is 0.0424. The Kier molecular flexibility index (Phi) is 4.80. The van der Waals surface area contributed by atoms with Gasteiger partial charge in [-0.1, -0.05) is 35.5 Å². The second-order valence-electron chi connectivity index (χ2n) is 7.27. The fourth-order valence-electron chi connectivity index (χ4n) is 3.56. The number of phenolic OH excluding ortho intramolecular Hbond substituents is 1. The highest BCUT2D eigenvalue weighted by atomic mass is 16.5. The van der Waals surface area contributed by atoms with E-state index in [4.69, 9.17) is 4.52 Å². The van der Waals surface area contributed by atoms with Crippen molar-refractivity contribution < 1.29 is 19.2 Å². The van der Waals surface area contributed by atoms with Gasteiger partial charge in [0.15, 0.2) is 11.5 Å². The van der Waals surface area contributed by atoms with E-state index in [0.717, 1.165) is 18.4 Å². The molecule has 0 unspecified atom stereocenters. The van der Waals surface area contributed by atoms with E-state index in [1.54, 1.807) is 20.2 Å². The topological polar surface area (TPSA) is 95.7 Å². The van der Waals surface area contributed by atoms with Crippen molar-refractivity contribution in [2.75, 3.05) is 14.1 Å². The molecule has 0 saturated carbocycles. The zero-order valence-corrected chi connectivity index (χ0v) is 16.2. The smallest absolute Gasteiger partial charge is 0.273 e. The zero-order valence-electron chi connectivity index (χ0n) is 16.2. The number of aromatic hydroxyl groups is 1. The van der Waals surface area contributed by atoms with Gasteiger partial charge in [-0.15, -0.1) is 0 Å². The molecular weight excluding hydrogens is 370 g/mol. The van der Waals surface area contributed by atoms with Gasteiger partial charge >= 0.3 is 0 Å². The van der Waals surface area contributed by atoms with E-state index in [1.165, 1.54) is 28.7 Å². The van der Waals surface area contributed by atoms with Crippen molar-refractivity contribution >= 4 is 11.8 Å². The van der Waals surface area contributed by atoms with Crippen LogP contribution in [0.5, 0.6) is 5.75 Å². The Morgan fingerprint density at radius 1 is 1.17 bits per heavy atom. The van der Waals surface area contributed by atoms with Gasteiger partial charge in [0.1, 0.15) is 5.75 Å². The van der Waals surface area contributed by atoms with Crippen LogP contribution in [0.15, 0.2) is 53.1 Å². The van der Waals surface area contributed by atoms with E-state index < -0.39 is 0 Å². The number of aromatic nitrogens is 1. The average Bonchev–Trinajstić information content (AvgIpc) is 3.35. The van der Waals surface area contributed by atoms with Crippen molar-refractivity contribution in [1.82, 2.24) is 15.4 Å². The SMILES string of the molecule is CN(C)C(=O)c1ccc(-c2cc(C(=O)N[C@@H]3CCc4ccccc43)no2)cc1O. The first kappa shape index (κ1) is 18.7. The van der Waals surface area contributed by atoms with Crippen molar-refractivity contribution in [1.29, 1.82) is 0 Å². The van der Waals surface area contributed by atoms with Gasteiger partial charge in [0.25, 0.3) is 11.8 Å². The molecule has 7 heteroatoms. The molecule has 3 aromatic rings. The Bertz CT molecular complexity index is 1090. The predicted molar refractivity (Wildman–Crippen MR) is 107 cm³/mol. The molecule has 4 rings (SSSR count). The Labute approximate surface area is 167 Å². The lowest BCUT2D eigenvalue weighted by Gasteiger charge is -2.12. The third-order valence-electron chi connectivity index (χ3n) is 5.10. The van der Waals surface area contributed by atoms with Gasteiger partial charge in [0.2, 0.25) is 0 Å². The highest BCUT2D eigenvalue weighted by Crippen LogP contribution is 2.31. The summed E-state index contributed by atoms with van der Waals surface area (Å²) in [6.45, 7) is 0. The number of hydrogen-bond donors (Lipinski definition) is 2. The van der Waals surface area contributed by atoms with Gasteiger partial charge in [-0.2, -0.15) is 0 Å². The van der Waals surface area contributed by atoms with Crippen molar-refractivity contribution in [3.63, 3.8) is 0 Å². The molecule has 1 aromatic heterocycles. The number of aryl methyl sites for hydroxylation is 1. The largest absolute Gasteiger partial charge is 0.507 e. The molecule has 0 aliphatic heterocycles. The molecule has 0 spiro atoms. The highest BCUT2D eigenvalue weighted by molar-refractivity contribution is 5.97. The van der Waals surface area contributed by atoms with Crippen LogP contribution in [0.4, 0.5) is 0 Å². The lowest BCUT2D eigenvalue weighted by atomic mass is 10.1. The second-order valence-corrected chi connectivity index (χ2v) is 7.27. The van der Waals surface area contributed by atoms with Gasteiger partial charge in [-0.05, 0) is 36.1 Å². The first-order valence-corrected chi connectivity index (χ1v) is 9.34. The van der Waals surface area contributed by atoms with Gasteiger partial charge in [0.05, 0.1) is 11.6 Å². The Hall–Kier alpha value is -3.61. The molecule has 2 N–H and O–H groups in total. The highest BCUT2D eigenvalue weighted by Gasteiger charge is 2.25. The fraction of sp³-hybridized carbons (Fsp3) is 0.227. The van der Waals surface area contributed by atoms with Crippen LogP contribution in [0, 0.1) is 0 Å². The number of benzene rings is 2. The first-order valence-electron chi connectivity index (χ1n) is 9.34. The summed E-state index contributed by atoms with van der Waals surface area (Å²) < 4.78 is 5.29. The number of carbonyl (C=O) groups is 2. The quantitative estimate of drug-likeness (QED) is 0.712. The van der Waals surface area contributed by atoms with Gasteiger partial charge in [-0.3, -0.25) is 9.59 Å². The number of phenols is 1. The molecule has 148 valence electrons. The van der Waals surface area contributed by atoms with Crippen LogP contribution < -0.4 is 5.32 Å². The number of hydrogen-bond acceptors (Lipinski definition) is 5. The van der Waals surface area contributed by atoms with Crippen molar-refractivity contribution in [2.24, 2.45) is 0 Å². The molecule has 1 aliphatic carbocycles. The zero-order chi connectivity index (χ0) is 20.5. The maximum atomic E-state index is 12.6.